The number of esters is 1. The number of amides is 2. The zero-order valence-electron chi connectivity index (χ0n) is 15.9. The summed E-state index contributed by atoms with van der Waals surface area (Å²) in [5.74, 6) is 0.182. The van der Waals surface area contributed by atoms with E-state index in [1.165, 1.54) is 18.0 Å². The summed E-state index contributed by atoms with van der Waals surface area (Å²) in [6, 6.07) is 6.18. The van der Waals surface area contributed by atoms with Crippen molar-refractivity contribution in [1.29, 1.82) is 0 Å². The Morgan fingerprint density at radius 3 is 3.03 bits per heavy atom. The summed E-state index contributed by atoms with van der Waals surface area (Å²) in [6.07, 6.45) is 1.49. The summed E-state index contributed by atoms with van der Waals surface area (Å²) in [5.41, 5.74) is 0.713. The Balaban J connectivity index is 1.60. The fourth-order valence-electron chi connectivity index (χ4n) is 2.94. The van der Waals surface area contributed by atoms with Crippen molar-refractivity contribution in [3.63, 3.8) is 0 Å². The number of carbonyl (C=O) groups is 2. The number of urea groups is 1. The highest BCUT2D eigenvalue weighted by Gasteiger charge is 2.35. The minimum atomic E-state index is -0.745. The van der Waals surface area contributed by atoms with E-state index in [9.17, 15) is 9.59 Å². The van der Waals surface area contributed by atoms with Gasteiger partial charge < -0.3 is 19.8 Å². The second kappa shape index (κ2) is 9.13. The molecule has 2 N–H and O–H groups in total. The number of rotatable bonds is 8. The smallest absolute Gasteiger partial charge is 0.338 e. The highest BCUT2D eigenvalue weighted by atomic mass is 32.2. The molecule has 10 nitrogen and oxygen atoms in total. The molecule has 0 saturated heterocycles. The minimum absolute atomic E-state index is 0.209. The molecule has 12 heteroatoms. The van der Waals surface area contributed by atoms with Crippen molar-refractivity contribution in [2.75, 3.05) is 12.4 Å². The number of furan rings is 1. The number of hydrogen-bond acceptors (Lipinski definition) is 9. The average Bonchev–Trinajstić information content (AvgIpc) is 3.50. The van der Waals surface area contributed by atoms with Gasteiger partial charge in [-0.15, -0.1) is 16.4 Å². The summed E-state index contributed by atoms with van der Waals surface area (Å²) < 4.78 is 12.3. The molecular formula is C18H18N6O4S2. The molecule has 0 spiro atoms. The molecule has 0 radical (unpaired) electrons. The van der Waals surface area contributed by atoms with Gasteiger partial charge in [-0.3, -0.25) is 0 Å². The van der Waals surface area contributed by atoms with Crippen LogP contribution in [0, 0.1) is 0 Å². The zero-order chi connectivity index (χ0) is 20.9. The van der Waals surface area contributed by atoms with Crippen LogP contribution < -0.4 is 10.6 Å². The lowest BCUT2D eigenvalue weighted by molar-refractivity contribution is -0.139. The van der Waals surface area contributed by atoms with Crippen molar-refractivity contribution in [2.45, 2.75) is 24.7 Å². The van der Waals surface area contributed by atoms with Gasteiger partial charge in [-0.25, -0.2) is 14.3 Å². The summed E-state index contributed by atoms with van der Waals surface area (Å²) in [5, 5.41) is 19.8. The van der Waals surface area contributed by atoms with E-state index in [1.54, 1.807) is 35.1 Å². The lowest BCUT2D eigenvalue weighted by Crippen LogP contribution is -2.46. The molecule has 1 aliphatic heterocycles. The molecule has 1 atom stereocenters. The van der Waals surface area contributed by atoms with Crippen LogP contribution in [0.4, 0.5) is 4.79 Å². The number of thioether (sulfide) groups is 1. The van der Waals surface area contributed by atoms with Gasteiger partial charge in [-0.1, -0.05) is 17.8 Å². The van der Waals surface area contributed by atoms with Crippen LogP contribution in [0.3, 0.4) is 0 Å². The van der Waals surface area contributed by atoms with Crippen LogP contribution in [0.2, 0.25) is 0 Å². The Labute approximate surface area is 179 Å². The van der Waals surface area contributed by atoms with E-state index in [-0.39, 0.29) is 17.9 Å². The monoisotopic (exact) mass is 446 g/mol. The van der Waals surface area contributed by atoms with Gasteiger partial charge in [-0.05, 0) is 40.9 Å². The van der Waals surface area contributed by atoms with E-state index in [1.807, 2.05) is 17.5 Å². The van der Waals surface area contributed by atoms with Crippen molar-refractivity contribution in [2.24, 2.45) is 0 Å². The molecule has 3 aromatic rings. The van der Waals surface area contributed by atoms with E-state index in [0.717, 1.165) is 4.88 Å². The van der Waals surface area contributed by atoms with Crippen LogP contribution in [-0.2, 0) is 16.1 Å². The van der Waals surface area contributed by atoms with E-state index in [4.69, 9.17) is 9.15 Å². The topological polar surface area (TPSA) is 124 Å². The van der Waals surface area contributed by atoms with Gasteiger partial charge >= 0.3 is 12.0 Å². The maximum absolute atomic E-state index is 12.7. The second-order valence-electron chi connectivity index (χ2n) is 6.15. The highest BCUT2D eigenvalue weighted by Crippen LogP contribution is 2.30. The number of tetrazole rings is 1. The number of hydrogen-bond donors (Lipinski definition) is 2. The lowest BCUT2D eigenvalue weighted by atomic mass is 10.0. The molecule has 4 heterocycles. The second-order valence-corrected chi connectivity index (χ2v) is 8.12. The summed E-state index contributed by atoms with van der Waals surface area (Å²) in [6.45, 7) is 2.47. The first-order chi connectivity index (χ1) is 14.7. The van der Waals surface area contributed by atoms with Crippen LogP contribution >= 0.6 is 23.1 Å². The molecule has 4 rings (SSSR count). The molecule has 0 saturated carbocycles. The third kappa shape index (κ3) is 4.39. The molecule has 1 aliphatic rings. The predicted molar refractivity (Wildman–Crippen MR) is 109 cm³/mol. The molecule has 0 aliphatic carbocycles. The van der Waals surface area contributed by atoms with Crippen molar-refractivity contribution < 1.29 is 18.7 Å². The Morgan fingerprint density at radius 1 is 1.40 bits per heavy atom. The molecule has 2 amide bonds. The van der Waals surface area contributed by atoms with E-state index >= 15 is 0 Å². The standard InChI is InChI=1S/C18H18N6O4S2/c1-2-27-16(25)14-12(19-17(26)20-15(14)13-6-3-7-28-13)10-30-18-21-22-23-24(18)9-11-5-4-8-29-11/h3-8,15H,2,9-10H2,1H3,(H2,19,20,26)/t15-/m1/s1. The fraction of sp³-hybridized carbons (Fsp3) is 0.278. The highest BCUT2D eigenvalue weighted by molar-refractivity contribution is 7.99. The largest absolute Gasteiger partial charge is 0.467 e. The molecule has 156 valence electrons. The maximum atomic E-state index is 12.7. The quantitative estimate of drug-likeness (QED) is 0.399. The van der Waals surface area contributed by atoms with Gasteiger partial charge in [0.2, 0.25) is 5.16 Å². The molecule has 3 aromatic heterocycles. The van der Waals surface area contributed by atoms with Crippen molar-refractivity contribution in [3.05, 3.63) is 57.8 Å². The van der Waals surface area contributed by atoms with Gasteiger partial charge in [0.1, 0.15) is 11.8 Å². The van der Waals surface area contributed by atoms with Crippen LogP contribution in [0.25, 0.3) is 0 Å². The SMILES string of the molecule is CCOC(=O)C1=C(CSc2nnnn2Cc2cccs2)NC(=O)N[C@@H]1c1ccco1. The Hall–Kier alpha value is -3.12. The first kappa shape index (κ1) is 20.2. The first-order valence-electron chi connectivity index (χ1n) is 9.08. The molecular weight excluding hydrogens is 428 g/mol. The summed E-state index contributed by atoms with van der Waals surface area (Å²) in [7, 11) is 0. The van der Waals surface area contributed by atoms with Crippen LogP contribution in [-0.4, -0.2) is 44.6 Å². The fourth-order valence-corrected chi connectivity index (χ4v) is 4.47. The van der Waals surface area contributed by atoms with Crippen molar-refractivity contribution >= 4 is 35.1 Å². The molecule has 0 unspecified atom stereocenters. The van der Waals surface area contributed by atoms with Gasteiger partial charge in [0.25, 0.3) is 0 Å². The number of ether oxygens (including phenoxy) is 1. The van der Waals surface area contributed by atoms with Gasteiger partial charge in [-0.2, -0.15) is 0 Å². The summed E-state index contributed by atoms with van der Waals surface area (Å²) in [4.78, 5) is 26.1. The van der Waals surface area contributed by atoms with E-state index in [2.05, 4.69) is 26.2 Å². The zero-order valence-corrected chi connectivity index (χ0v) is 17.5. The van der Waals surface area contributed by atoms with Gasteiger partial charge in [0.05, 0.1) is 25.0 Å². The van der Waals surface area contributed by atoms with Gasteiger partial charge in [0, 0.05) is 16.3 Å². The molecule has 0 aromatic carbocycles. The molecule has 0 bridgehead atoms. The Morgan fingerprint density at radius 2 is 2.30 bits per heavy atom. The lowest BCUT2D eigenvalue weighted by Gasteiger charge is -2.27. The van der Waals surface area contributed by atoms with Crippen LogP contribution in [0.15, 0.2) is 56.8 Å². The number of aromatic nitrogens is 4. The number of nitrogens with one attached hydrogen (secondary N) is 2. The van der Waals surface area contributed by atoms with E-state index < -0.39 is 18.0 Å². The van der Waals surface area contributed by atoms with E-state index in [0.29, 0.717) is 23.2 Å². The number of thiophene rings is 1. The average molecular weight is 447 g/mol. The number of nitrogens with zero attached hydrogens (tertiary/aromatic N) is 4. The third-order valence-corrected chi connectivity index (χ3v) is 6.05. The van der Waals surface area contributed by atoms with Crippen molar-refractivity contribution in [1.82, 2.24) is 30.8 Å². The molecule has 30 heavy (non-hydrogen) atoms. The third-order valence-electron chi connectivity index (χ3n) is 4.21. The first-order valence-corrected chi connectivity index (χ1v) is 10.9. The summed E-state index contributed by atoms with van der Waals surface area (Å²) >= 11 is 2.93. The van der Waals surface area contributed by atoms with Crippen LogP contribution in [0.5, 0.6) is 0 Å². The Kier molecular flexibility index (Phi) is 6.14. The van der Waals surface area contributed by atoms with Crippen molar-refractivity contribution in [3.8, 4) is 0 Å². The predicted octanol–water partition coefficient (Wildman–Crippen LogP) is 2.34. The van der Waals surface area contributed by atoms with Crippen LogP contribution in [0.1, 0.15) is 23.6 Å². The molecule has 0 fully saturated rings. The van der Waals surface area contributed by atoms with Gasteiger partial charge in [0.15, 0.2) is 0 Å². The normalized spacial score (nSPS) is 16.3. The maximum Gasteiger partial charge on any atom is 0.338 e. The number of carbonyl (C=O) groups excluding carboxylic acids is 2. The Bertz CT molecular complexity index is 1040. The minimum Gasteiger partial charge on any atom is -0.467 e.